The van der Waals surface area contributed by atoms with Crippen molar-refractivity contribution in [1.82, 2.24) is 4.98 Å². The number of amides is 1. The first-order valence-corrected chi connectivity index (χ1v) is 7.17. The number of hydrogen-bond donors (Lipinski definition) is 2. The second-order valence-corrected chi connectivity index (χ2v) is 5.81. The number of primary amides is 1. The third kappa shape index (κ3) is 3.28. The van der Waals surface area contributed by atoms with Gasteiger partial charge in [-0.25, -0.2) is 4.98 Å². The fourth-order valence-corrected chi connectivity index (χ4v) is 2.24. The summed E-state index contributed by atoms with van der Waals surface area (Å²) >= 11 is 0. The van der Waals surface area contributed by atoms with Gasteiger partial charge < -0.3 is 16.2 Å². The van der Waals surface area contributed by atoms with Gasteiger partial charge in [0.2, 0.25) is 5.88 Å². The normalized spacial score (nSPS) is 17.1. The Kier molecular flexibility index (Phi) is 4.28. The zero-order chi connectivity index (χ0) is 14.8. The lowest BCUT2D eigenvalue weighted by Crippen LogP contribution is -2.42. The summed E-state index contributed by atoms with van der Waals surface area (Å²) in [5, 5.41) is 0. The molecule has 1 atom stereocenters. The lowest BCUT2D eigenvalue weighted by Gasteiger charge is -2.24. The third-order valence-corrected chi connectivity index (χ3v) is 3.88. The molecule has 0 aliphatic heterocycles. The van der Waals surface area contributed by atoms with E-state index < -0.39 is 11.4 Å². The van der Waals surface area contributed by atoms with Crippen molar-refractivity contribution in [2.45, 2.75) is 51.5 Å². The molecule has 1 heterocycles. The molecule has 1 aliphatic carbocycles. The van der Waals surface area contributed by atoms with Gasteiger partial charge in [0, 0.05) is 11.2 Å². The number of pyridine rings is 1. The Morgan fingerprint density at radius 1 is 1.45 bits per heavy atom. The number of carbonyl (C=O) groups excluding carboxylic acids is 1. The van der Waals surface area contributed by atoms with Crippen molar-refractivity contribution in [3.8, 4) is 5.88 Å². The van der Waals surface area contributed by atoms with Crippen LogP contribution in [-0.4, -0.2) is 23.0 Å². The van der Waals surface area contributed by atoms with Gasteiger partial charge in [-0.1, -0.05) is 6.92 Å². The maximum atomic E-state index is 11.6. The molecule has 0 bridgehead atoms. The van der Waals surface area contributed by atoms with Crippen molar-refractivity contribution in [3.05, 3.63) is 22.9 Å². The number of aromatic nitrogens is 1. The van der Waals surface area contributed by atoms with Crippen molar-refractivity contribution in [2.75, 3.05) is 6.61 Å². The highest BCUT2D eigenvalue weighted by Crippen LogP contribution is 2.26. The molecule has 0 saturated heterocycles. The molecule has 0 aromatic carbocycles. The molecule has 1 unspecified atom stereocenters. The lowest BCUT2D eigenvalue weighted by molar-refractivity contribution is 0.0993. The van der Waals surface area contributed by atoms with Gasteiger partial charge in [-0.05, 0) is 50.7 Å². The first kappa shape index (κ1) is 14.8. The monoisotopic (exact) mass is 277 g/mol. The van der Waals surface area contributed by atoms with Crippen LogP contribution in [0.1, 0.15) is 54.7 Å². The Bertz CT molecular complexity index is 512. The summed E-state index contributed by atoms with van der Waals surface area (Å²) in [4.78, 5) is 16.1. The Morgan fingerprint density at radius 2 is 2.15 bits per heavy atom. The first-order chi connectivity index (χ1) is 9.43. The molecule has 110 valence electrons. The summed E-state index contributed by atoms with van der Waals surface area (Å²) in [6.07, 6.45) is 4.91. The highest BCUT2D eigenvalue weighted by Gasteiger charge is 2.22. The summed E-state index contributed by atoms with van der Waals surface area (Å²) in [7, 11) is 0. The topological polar surface area (TPSA) is 91.2 Å². The number of ether oxygens (including phenoxy) is 1. The van der Waals surface area contributed by atoms with Crippen LogP contribution in [-0.2, 0) is 12.8 Å². The zero-order valence-electron chi connectivity index (χ0n) is 12.2. The highest BCUT2D eigenvalue weighted by atomic mass is 16.5. The van der Waals surface area contributed by atoms with Crippen LogP contribution in [0.25, 0.3) is 0 Å². The largest absolute Gasteiger partial charge is 0.475 e. The van der Waals surface area contributed by atoms with Gasteiger partial charge in [0.05, 0.1) is 0 Å². The van der Waals surface area contributed by atoms with E-state index in [1.807, 2.05) is 19.9 Å². The van der Waals surface area contributed by atoms with Gasteiger partial charge in [0.25, 0.3) is 5.91 Å². The van der Waals surface area contributed by atoms with E-state index in [1.54, 1.807) is 0 Å². The Balaban J connectivity index is 2.28. The number of fused-ring (bicyclic) bond motifs is 1. The predicted octanol–water partition coefficient (Wildman–Crippen LogP) is 1.57. The van der Waals surface area contributed by atoms with Crippen molar-refractivity contribution < 1.29 is 9.53 Å². The SMILES string of the molecule is CCC(C)(N)COc1nc2c(cc1C(N)=O)CCCC2. The molecule has 0 saturated carbocycles. The Morgan fingerprint density at radius 3 is 2.80 bits per heavy atom. The van der Waals surface area contributed by atoms with Crippen LogP contribution in [0.2, 0.25) is 0 Å². The molecule has 1 aromatic rings. The minimum atomic E-state index is -0.504. The van der Waals surface area contributed by atoms with Gasteiger partial charge in [0.15, 0.2) is 0 Å². The molecule has 5 heteroatoms. The van der Waals surface area contributed by atoms with Crippen molar-refractivity contribution in [1.29, 1.82) is 0 Å². The highest BCUT2D eigenvalue weighted by molar-refractivity contribution is 5.95. The van der Waals surface area contributed by atoms with Crippen molar-refractivity contribution in [2.24, 2.45) is 11.5 Å². The van der Waals surface area contributed by atoms with E-state index in [9.17, 15) is 4.79 Å². The molecule has 20 heavy (non-hydrogen) atoms. The Hall–Kier alpha value is -1.62. The smallest absolute Gasteiger partial charge is 0.254 e. The minimum Gasteiger partial charge on any atom is -0.475 e. The van der Waals surface area contributed by atoms with E-state index in [2.05, 4.69) is 4.98 Å². The van der Waals surface area contributed by atoms with Crippen LogP contribution in [0.3, 0.4) is 0 Å². The standard InChI is InChI=1S/C15H23N3O2/c1-3-15(2,17)9-20-14-11(13(16)19)8-10-6-4-5-7-12(10)18-14/h8H,3-7,9,17H2,1-2H3,(H2,16,19). The van der Waals surface area contributed by atoms with Crippen LogP contribution < -0.4 is 16.2 Å². The quantitative estimate of drug-likeness (QED) is 0.854. The average molecular weight is 277 g/mol. The number of rotatable bonds is 5. The zero-order valence-corrected chi connectivity index (χ0v) is 12.2. The molecule has 1 aliphatic rings. The molecule has 1 amide bonds. The van der Waals surface area contributed by atoms with E-state index in [1.165, 1.54) is 0 Å². The number of nitrogens with zero attached hydrogens (tertiary/aromatic N) is 1. The summed E-state index contributed by atoms with van der Waals surface area (Å²) < 4.78 is 5.68. The fourth-order valence-electron chi connectivity index (χ4n) is 2.24. The summed E-state index contributed by atoms with van der Waals surface area (Å²) in [6, 6.07) is 1.83. The maximum absolute atomic E-state index is 11.6. The first-order valence-electron chi connectivity index (χ1n) is 7.17. The van der Waals surface area contributed by atoms with Crippen LogP contribution in [0.15, 0.2) is 6.07 Å². The van der Waals surface area contributed by atoms with Gasteiger partial charge in [-0.15, -0.1) is 0 Å². The second kappa shape index (κ2) is 5.79. The molecule has 0 fully saturated rings. The number of carbonyl (C=O) groups is 1. The van der Waals surface area contributed by atoms with Crippen molar-refractivity contribution >= 4 is 5.91 Å². The molecule has 0 spiro atoms. The molecular formula is C15H23N3O2. The molecule has 2 rings (SSSR count). The molecule has 1 aromatic heterocycles. The molecular weight excluding hydrogens is 254 g/mol. The summed E-state index contributed by atoms with van der Waals surface area (Å²) in [6.45, 7) is 4.23. The number of aryl methyl sites for hydroxylation is 2. The van der Waals surface area contributed by atoms with E-state index >= 15 is 0 Å². The van der Waals surface area contributed by atoms with E-state index in [4.69, 9.17) is 16.2 Å². The summed E-state index contributed by atoms with van der Waals surface area (Å²) in [5.41, 5.74) is 13.5. The van der Waals surface area contributed by atoms with E-state index in [0.717, 1.165) is 43.4 Å². The number of nitrogens with two attached hydrogens (primary N) is 2. The average Bonchev–Trinajstić information content (AvgIpc) is 2.44. The molecule has 5 nitrogen and oxygen atoms in total. The van der Waals surface area contributed by atoms with Crippen LogP contribution in [0, 0.1) is 0 Å². The van der Waals surface area contributed by atoms with Gasteiger partial charge in [-0.3, -0.25) is 4.79 Å². The van der Waals surface area contributed by atoms with Crippen LogP contribution >= 0.6 is 0 Å². The van der Waals surface area contributed by atoms with Crippen LogP contribution in [0.5, 0.6) is 5.88 Å². The van der Waals surface area contributed by atoms with E-state index in [0.29, 0.717) is 18.1 Å². The van der Waals surface area contributed by atoms with Crippen LogP contribution in [0.4, 0.5) is 0 Å². The van der Waals surface area contributed by atoms with Gasteiger partial charge in [0.1, 0.15) is 12.2 Å². The second-order valence-electron chi connectivity index (χ2n) is 5.81. The van der Waals surface area contributed by atoms with Crippen molar-refractivity contribution in [3.63, 3.8) is 0 Å². The molecule has 0 radical (unpaired) electrons. The van der Waals surface area contributed by atoms with E-state index in [-0.39, 0.29) is 0 Å². The van der Waals surface area contributed by atoms with Gasteiger partial charge >= 0.3 is 0 Å². The Labute approximate surface area is 119 Å². The summed E-state index contributed by atoms with van der Waals surface area (Å²) in [5.74, 6) is -0.181. The molecule has 4 N–H and O–H groups in total. The third-order valence-electron chi connectivity index (χ3n) is 3.88. The number of hydrogen-bond acceptors (Lipinski definition) is 4. The van der Waals surface area contributed by atoms with Gasteiger partial charge in [-0.2, -0.15) is 0 Å². The maximum Gasteiger partial charge on any atom is 0.254 e. The predicted molar refractivity (Wildman–Crippen MR) is 77.8 cm³/mol. The lowest BCUT2D eigenvalue weighted by atomic mass is 9.95. The fraction of sp³-hybridized carbons (Fsp3) is 0.600. The minimum absolute atomic E-state index is 0.315.